The maximum Gasteiger partial charge on any atom is 0.367 e. The first-order chi connectivity index (χ1) is 6.75. The van der Waals surface area contributed by atoms with Crippen molar-refractivity contribution in [3.8, 4) is 0 Å². The number of hydrogen-bond acceptors (Lipinski definition) is 6. The SMILES string of the molecule is O=C1OC(=O)c2nc3cscc3nc21. The summed E-state index contributed by atoms with van der Waals surface area (Å²) in [5.74, 6) is -1.43. The van der Waals surface area contributed by atoms with Crippen LogP contribution in [0.4, 0.5) is 0 Å². The molecule has 3 rings (SSSR count). The highest BCUT2D eigenvalue weighted by molar-refractivity contribution is 7.09. The van der Waals surface area contributed by atoms with Crippen LogP contribution in [-0.4, -0.2) is 21.9 Å². The second kappa shape index (κ2) is 2.36. The molecule has 0 saturated carbocycles. The van der Waals surface area contributed by atoms with Crippen LogP contribution in [0.15, 0.2) is 10.8 Å². The van der Waals surface area contributed by atoms with Crippen molar-refractivity contribution in [3.05, 3.63) is 22.1 Å². The largest absolute Gasteiger partial charge is 0.383 e. The molecule has 0 bridgehead atoms. The molecule has 0 aromatic carbocycles. The summed E-state index contributed by atoms with van der Waals surface area (Å²) in [6.45, 7) is 0. The van der Waals surface area contributed by atoms with Gasteiger partial charge in [-0.05, 0) is 0 Å². The molecule has 1 aliphatic heterocycles. The van der Waals surface area contributed by atoms with Gasteiger partial charge in [-0.2, -0.15) is 0 Å². The van der Waals surface area contributed by atoms with Crippen molar-refractivity contribution in [2.24, 2.45) is 0 Å². The number of fused-ring (bicyclic) bond motifs is 2. The van der Waals surface area contributed by atoms with Crippen molar-refractivity contribution in [1.82, 2.24) is 9.97 Å². The number of ether oxygens (including phenoxy) is 1. The lowest BCUT2D eigenvalue weighted by Gasteiger charge is -1.90. The van der Waals surface area contributed by atoms with Gasteiger partial charge in [0.05, 0.1) is 0 Å². The maximum atomic E-state index is 11.1. The summed E-state index contributed by atoms with van der Waals surface area (Å²) in [6, 6.07) is 0. The van der Waals surface area contributed by atoms with E-state index in [-0.39, 0.29) is 11.4 Å². The van der Waals surface area contributed by atoms with E-state index < -0.39 is 11.9 Å². The highest BCUT2D eigenvalue weighted by atomic mass is 32.1. The van der Waals surface area contributed by atoms with Crippen LogP contribution < -0.4 is 0 Å². The van der Waals surface area contributed by atoms with Crippen LogP contribution in [0.3, 0.4) is 0 Å². The number of carbonyl (C=O) groups is 2. The third-order valence-electron chi connectivity index (χ3n) is 1.88. The number of hydrogen-bond donors (Lipinski definition) is 0. The van der Waals surface area contributed by atoms with E-state index in [1.165, 1.54) is 11.3 Å². The summed E-state index contributed by atoms with van der Waals surface area (Å²) in [4.78, 5) is 30.2. The number of cyclic esters (lactones) is 2. The van der Waals surface area contributed by atoms with E-state index in [0.29, 0.717) is 11.0 Å². The fraction of sp³-hybridized carbons (Fsp3) is 0. The monoisotopic (exact) mass is 206 g/mol. The van der Waals surface area contributed by atoms with Gasteiger partial charge in [0.2, 0.25) is 0 Å². The molecule has 3 heterocycles. The number of rotatable bonds is 0. The van der Waals surface area contributed by atoms with Crippen LogP contribution in [0.2, 0.25) is 0 Å². The Labute approximate surface area is 81.4 Å². The van der Waals surface area contributed by atoms with Gasteiger partial charge in [-0.25, -0.2) is 19.6 Å². The lowest BCUT2D eigenvalue weighted by atomic mass is 10.3. The Morgan fingerprint density at radius 1 is 1.00 bits per heavy atom. The molecule has 0 saturated heterocycles. The molecule has 2 aromatic heterocycles. The zero-order chi connectivity index (χ0) is 9.71. The Morgan fingerprint density at radius 2 is 1.50 bits per heavy atom. The van der Waals surface area contributed by atoms with E-state index in [1.54, 1.807) is 10.8 Å². The molecule has 0 amide bonds. The lowest BCUT2D eigenvalue weighted by Crippen LogP contribution is -1.98. The first-order valence-corrected chi connectivity index (χ1v) is 4.70. The minimum absolute atomic E-state index is 0.0147. The normalized spacial score (nSPS) is 14.6. The number of nitrogens with zero attached hydrogens (tertiary/aromatic N) is 2. The van der Waals surface area contributed by atoms with Gasteiger partial charge in [0.25, 0.3) is 0 Å². The molecule has 68 valence electrons. The Hall–Kier alpha value is -1.82. The van der Waals surface area contributed by atoms with E-state index in [4.69, 9.17) is 0 Å². The van der Waals surface area contributed by atoms with Gasteiger partial charge < -0.3 is 4.74 Å². The molecule has 0 radical (unpaired) electrons. The number of aromatic nitrogens is 2. The van der Waals surface area contributed by atoms with Crippen molar-refractivity contribution in [2.45, 2.75) is 0 Å². The van der Waals surface area contributed by atoms with Crippen LogP contribution in [0.25, 0.3) is 11.0 Å². The Kier molecular flexibility index (Phi) is 1.27. The Morgan fingerprint density at radius 3 is 2.00 bits per heavy atom. The molecule has 6 heteroatoms. The van der Waals surface area contributed by atoms with Crippen molar-refractivity contribution in [3.63, 3.8) is 0 Å². The summed E-state index contributed by atoms with van der Waals surface area (Å²) < 4.78 is 4.37. The Bertz CT molecular complexity index is 527. The van der Waals surface area contributed by atoms with E-state index in [0.717, 1.165) is 0 Å². The predicted molar refractivity (Wildman–Crippen MR) is 47.2 cm³/mol. The smallest absolute Gasteiger partial charge is 0.367 e. The van der Waals surface area contributed by atoms with Gasteiger partial charge in [-0.15, -0.1) is 11.3 Å². The van der Waals surface area contributed by atoms with Crippen LogP contribution in [-0.2, 0) is 4.74 Å². The first-order valence-electron chi connectivity index (χ1n) is 3.76. The highest BCUT2D eigenvalue weighted by Crippen LogP contribution is 2.21. The fourth-order valence-electron chi connectivity index (χ4n) is 1.26. The number of esters is 2. The second-order valence-electron chi connectivity index (χ2n) is 2.74. The number of carbonyl (C=O) groups excluding carboxylic acids is 2. The van der Waals surface area contributed by atoms with Crippen LogP contribution in [0.1, 0.15) is 21.0 Å². The standard InChI is InChI=1S/C8H2N2O3S/c11-7-5-6(8(12)13-7)10-4-2-14-1-3(4)9-5/h1-2H. The third-order valence-corrected chi connectivity index (χ3v) is 2.60. The van der Waals surface area contributed by atoms with E-state index in [1.807, 2.05) is 0 Å². The Balaban J connectivity index is 2.43. The summed E-state index contributed by atoms with van der Waals surface area (Å²) in [7, 11) is 0. The molecule has 0 unspecified atom stereocenters. The zero-order valence-electron chi connectivity index (χ0n) is 6.68. The van der Waals surface area contributed by atoms with Gasteiger partial charge in [-0.3, -0.25) is 0 Å². The van der Waals surface area contributed by atoms with Crippen molar-refractivity contribution < 1.29 is 14.3 Å². The highest BCUT2D eigenvalue weighted by Gasteiger charge is 2.33. The van der Waals surface area contributed by atoms with E-state index in [2.05, 4.69) is 14.7 Å². The topological polar surface area (TPSA) is 69.2 Å². The van der Waals surface area contributed by atoms with Crippen molar-refractivity contribution >= 4 is 34.3 Å². The van der Waals surface area contributed by atoms with Gasteiger partial charge >= 0.3 is 11.9 Å². The van der Waals surface area contributed by atoms with E-state index in [9.17, 15) is 9.59 Å². The molecule has 0 atom stereocenters. The minimum Gasteiger partial charge on any atom is -0.383 e. The fourth-order valence-corrected chi connectivity index (χ4v) is 1.94. The average Bonchev–Trinajstić information content (AvgIpc) is 2.70. The summed E-state index contributed by atoms with van der Waals surface area (Å²) >= 11 is 1.42. The second-order valence-corrected chi connectivity index (χ2v) is 3.48. The molecule has 0 N–H and O–H groups in total. The van der Waals surface area contributed by atoms with Gasteiger partial charge in [0.1, 0.15) is 11.0 Å². The van der Waals surface area contributed by atoms with Crippen molar-refractivity contribution in [1.29, 1.82) is 0 Å². The first kappa shape index (κ1) is 7.57. The summed E-state index contributed by atoms with van der Waals surface area (Å²) in [5.41, 5.74) is 1.25. The van der Waals surface area contributed by atoms with Gasteiger partial charge in [-0.1, -0.05) is 0 Å². The number of thiophene rings is 1. The predicted octanol–water partition coefficient (Wildman–Crippen LogP) is 1.00. The van der Waals surface area contributed by atoms with Crippen molar-refractivity contribution in [2.75, 3.05) is 0 Å². The van der Waals surface area contributed by atoms with E-state index >= 15 is 0 Å². The van der Waals surface area contributed by atoms with Gasteiger partial charge in [0.15, 0.2) is 11.4 Å². The lowest BCUT2D eigenvalue weighted by molar-refractivity contribution is 0.0439. The summed E-state index contributed by atoms with van der Waals surface area (Å²) in [5, 5.41) is 3.53. The summed E-state index contributed by atoms with van der Waals surface area (Å²) in [6.07, 6.45) is 0. The zero-order valence-corrected chi connectivity index (χ0v) is 7.50. The molecule has 5 nitrogen and oxygen atoms in total. The third kappa shape index (κ3) is 0.828. The minimum atomic E-state index is -0.717. The molecule has 14 heavy (non-hydrogen) atoms. The van der Waals surface area contributed by atoms with Crippen LogP contribution in [0, 0.1) is 0 Å². The molecule has 0 spiro atoms. The molecule has 0 fully saturated rings. The quantitative estimate of drug-likeness (QED) is 0.475. The molecular weight excluding hydrogens is 204 g/mol. The van der Waals surface area contributed by atoms with Gasteiger partial charge in [0, 0.05) is 10.8 Å². The average molecular weight is 206 g/mol. The molecule has 0 aliphatic carbocycles. The molecule has 2 aromatic rings. The maximum absolute atomic E-state index is 11.1. The van der Waals surface area contributed by atoms with Crippen LogP contribution >= 0.6 is 11.3 Å². The molecule has 1 aliphatic rings. The molecular formula is C8H2N2O3S. The van der Waals surface area contributed by atoms with Crippen LogP contribution in [0.5, 0.6) is 0 Å².